The molecule has 0 amide bonds. The molecule has 0 radical (unpaired) electrons. The third kappa shape index (κ3) is 2.51. The lowest BCUT2D eigenvalue weighted by molar-refractivity contribution is 0.0966. The van der Waals surface area contributed by atoms with Crippen LogP contribution in [0.4, 0.5) is 0 Å². The number of Topliss-reactive ketones (excluding diaryl/α,β-unsaturated/α-hetero) is 1. The summed E-state index contributed by atoms with van der Waals surface area (Å²) in [6, 6.07) is 17.7. The number of carbonyl (C=O) groups is 1. The van der Waals surface area contributed by atoms with Crippen molar-refractivity contribution in [2.24, 2.45) is 0 Å². The third-order valence-electron chi connectivity index (χ3n) is 3.35. The first-order chi connectivity index (χ1) is 8.74. The van der Waals surface area contributed by atoms with Crippen molar-refractivity contribution in [2.75, 3.05) is 0 Å². The Morgan fingerprint density at radius 2 is 1.61 bits per heavy atom. The number of rotatable bonds is 4. The zero-order valence-electron chi connectivity index (χ0n) is 10.9. The first-order valence-electron chi connectivity index (χ1n) is 6.41. The van der Waals surface area contributed by atoms with Gasteiger partial charge in [0.15, 0.2) is 5.78 Å². The topological polar surface area (TPSA) is 17.1 Å². The summed E-state index contributed by atoms with van der Waals surface area (Å²) in [4.78, 5) is 12.4. The summed E-state index contributed by atoms with van der Waals surface area (Å²) in [5, 5.41) is 0. The SMILES string of the molecule is CCc1ccccc1C(C)C(=O)c1ccccc1. The smallest absolute Gasteiger partial charge is 0.170 e. The molecule has 0 saturated carbocycles. The number of hydrogen-bond acceptors (Lipinski definition) is 1. The standard InChI is InChI=1S/C17H18O/c1-3-14-9-7-8-12-16(14)13(2)17(18)15-10-5-4-6-11-15/h4-13H,3H2,1-2H3. The lowest BCUT2D eigenvalue weighted by Crippen LogP contribution is -2.11. The molecule has 1 unspecified atom stereocenters. The summed E-state index contributed by atoms with van der Waals surface area (Å²) < 4.78 is 0. The summed E-state index contributed by atoms with van der Waals surface area (Å²) in [5.74, 6) is 0.111. The van der Waals surface area contributed by atoms with Gasteiger partial charge in [-0.3, -0.25) is 4.79 Å². The largest absolute Gasteiger partial charge is 0.294 e. The van der Waals surface area contributed by atoms with Gasteiger partial charge in [0.1, 0.15) is 0 Å². The average Bonchev–Trinajstić information content (AvgIpc) is 2.46. The average molecular weight is 238 g/mol. The molecule has 1 nitrogen and oxygen atoms in total. The molecule has 0 bridgehead atoms. The molecule has 0 heterocycles. The van der Waals surface area contributed by atoms with E-state index in [4.69, 9.17) is 0 Å². The van der Waals surface area contributed by atoms with E-state index in [1.54, 1.807) is 0 Å². The number of hydrogen-bond donors (Lipinski definition) is 0. The number of carbonyl (C=O) groups excluding carboxylic acids is 1. The van der Waals surface area contributed by atoms with Gasteiger partial charge in [0, 0.05) is 11.5 Å². The van der Waals surface area contributed by atoms with Gasteiger partial charge in [0.05, 0.1) is 0 Å². The minimum atomic E-state index is -0.0800. The molecule has 18 heavy (non-hydrogen) atoms. The molecule has 1 atom stereocenters. The fraction of sp³-hybridized carbons (Fsp3) is 0.235. The highest BCUT2D eigenvalue weighted by Gasteiger charge is 2.18. The van der Waals surface area contributed by atoms with Crippen molar-refractivity contribution in [1.82, 2.24) is 0 Å². The van der Waals surface area contributed by atoms with Gasteiger partial charge in [0.2, 0.25) is 0 Å². The van der Waals surface area contributed by atoms with Crippen molar-refractivity contribution in [1.29, 1.82) is 0 Å². The van der Waals surface area contributed by atoms with Gasteiger partial charge in [-0.15, -0.1) is 0 Å². The van der Waals surface area contributed by atoms with E-state index in [-0.39, 0.29) is 11.7 Å². The number of benzene rings is 2. The van der Waals surface area contributed by atoms with Crippen LogP contribution in [0, 0.1) is 0 Å². The Bertz CT molecular complexity index is 528. The van der Waals surface area contributed by atoms with Gasteiger partial charge >= 0.3 is 0 Å². The van der Waals surface area contributed by atoms with E-state index < -0.39 is 0 Å². The van der Waals surface area contributed by atoms with Gasteiger partial charge in [-0.25, -0.2) is 0 Å². The quantitative estimate of drug-likeness (QED) is 0.728. The summed E-state index contributed by atoms with van der Waals surface area (Å²) >= 11 is 0. The van der Waals surface area contributed by atoms with Crippen molar-refractivity contribution < 1.29 is 4.79 Å². The zero-order valence-corrected chi connectivity index (χ0v) is 10.9. The van der Waals surface area contributed by atoms with Crippen LogP contribution >= 0.6 is 0 Å². The van der Waals surface area contributed by atoms with Crippen molar-refractivity contribution in [3.8, 4) is 0 Å². The first kappa shape index (κ1) is 12.6. The van der Waals surface area contributed by atoms with Crippen LogP contribution in [0.1, 0.15) is 41.3 Å². The van der Waals surface area contributed by atoms with Gasteiger partial charge in [-0.2, -0.15) is 0 Å². The predicted molar refractivity (Wildman–Crippen MR) is 75.0 cm³/mol. The second-order valence-electron chi connectivity index (χ2n) is 4.50. The molecule has 0 saturated heterocycles. The highest BCUT2D eigenvalue weighted by atomic mass is 16.1. The number of ketones is 1. The van der Waals surface area contributed by atoms with E-state index in [1.807, 2.05) is 49.4 Å². The molecular formula is C17H18O. The molecule has 92 valence electrons. The molecule has 0 aliphatic heterocycles. The minimum Gasteiger partial charge on any atom is -0.294 e. The van der Waals surface area contributed by atoms with Gasteiger partial charge in [0.25, 0.3) is 0 Å². The van der Waals surface area contributed by atoms with Crippen LogP contribution in [0.2, 0.25) is 0 Å². The van der Waals surface area contributed by atoms with Crippen molar-refractivity contribution in [3.63, 3.8) is 0 Å². The van der Waals surface area contributed by atoms with Crippen molar-refractivity contribution in [3.05, 3.63) is 71.3 Å². The molecule has 0 aromatic heterocycles. The maximum absolute atomic E-state index is 12.4. The van der Waals surface area contributed by atoms with E-state index in [1.165, 1.54) is 5.56 Å². The molecule has 0 N–H and O–H groups in total. The Morgan fingerprint density at radius 1 is 1.00 bits per heavy atom. The molecule has 2 rings (SSSR count). The Labute approximate surface area is 108 Å². The van der Waals surface area contributed by atoms with E-state index in [2.05, 4.69) is 19.1 Å². The lowest BCUT2D eigenvalue weighted by atomic mass is 9.88. The molecule has 0 aliphatic rings. The fourth-order valence-electron chi connectivity index (χ4n) is 2.27. The van der Waals surface area contributed by atoms with E-state index >= 15 is 0 Å². The van der Waals surface area contributed by atoms with Crippen LogP contribution in [-0.4, -0.2) is 5.78 Å². The molecule has 0 spiro atoms. The van der Waals surface area contributed by atoms with Crippen LogP contribution in [0.3, 0.4) is 0 Å². The zero-order chi connectivity index (χ0) is 13.0. The Balaban J connectivity index is 2.31. The van der Waals surface area contributed by atoms with Crippen molar-refractivity contribution >= 4 is 5.78 Å². The van der Waals surface area contributed by atoms with E-state index in [0.717, 1.165) is 17.5 Å². The van der Waals surface area contributed by atoms with Crippen LogP contribution in [-0.2, 0) is 6.42 Å². The Hall–Kier alpha value is -1.89. The second-order valence-corrected chi connectivity index (χ2v) is 4.50. The maximum Gasteiger partial charge on any atom is 0.170 e. The Morgan fingerprint density at radius 3 is 2.28 bits per heavy atom. The second kappa shape index (κ2) is 5.63. The molecule has 0 fully saturated rings. The van der Waals surface area contributed by atoms with E-state index in [9.17, 15) is 4.79 Å². The summed E-state index contributed by atoms with van der Waals surface area (Å²) in [6.07, 6.45) is 0.961. The summed E-state index contributed by atoms with van der Waals surface area (Å²) in [5.41, 5.74) is 3.19. The van der Waals surface area contributed by atoms with Crippen LogP contribution in [0.5, 0.6) is 0 Å². The van der Waals surface area contributed by atoms with Gasteiger partial charge in [-0.1, -0.05) is 68.4 Å². The van der Waals surface area contributed by atoms with Crippen LogP contribution in [0.15, 0.2) is 54.6 Å². The third-order valence-corrected chi connectivity index (χ3v) is 3.35. The monoisotopic (exact) mass is 238 g/mol. The Kier molecular flexibility index (Phi) is 3.93. The van der Waals surface area contributed by atoms with Gasteiger partial charge in [-0.05, 0) is 17.5 Å². The molecule has 1 heteroatoms. The fourth-order valence-corrected chi connectivity index (χ4v) is 2.27. The van der Waals surface area contributed by atoms with Crippen LogP contribution in [0.25, 0.3) is 0 Å². The molecule has 2 aromatic rings. The predicted octanol–water partition coefficient (Wildman–Crippen LogP) is 4.24. The molecule has 2 aromatic carbocycles. The highest BCUT2D eigenvalue weighted by molar-refractivity contribution is 6.00. The highest BCUT2D eigenvalue weighted by Crippen LogP contribution is 2.24. The summed E-state index contributed by atoms with van der Waals surface area (Å²) in [6.45, 7) is 4.11. The lowest BCUT2D eigenvalue weighted by Gasteiger charge is -2.14. The van der Waals surface area contributed by atoms with Gasteiger partial charge < -0.3 is 0 Å². The minimum absolute atomic E-state index is 0.0800. The summed E-state index contributed by atoms with van der Waals surface area (Å²) in [7, 11) is 0. The number of aryl methyl sites for hydroxylation is 1. The van der Waals surface area contributed by atoms with Crippen molar-refractivity contribution in [2.45, 2.75) is 26.2 Å². The van der Waals surface area contributed by atoms with E-state index in [0.29, 0.717) is 0 Å². The maximum atomic E-state index is 12.4. The first-order valence-corrected chi connectivity index (χ1v) is 6.41. The van der Waals surface area contributed by atoms with Crippen LogP contribution < -0.4 is 0 Å². The normalized spacial score (nSPS) is 12.1. The molecular weight excluding hydrogens is 220 g/mol. The molecule has 0 aliphatic carbocycles.